The van der Waals surface area contributed by atoms with Crippen molar-refractivity contribution in [3.05, 3.63) is 82.3 Å². The molecular formula is C21H22BrNO2. The molecule has 0 saturated carbocycles. The molecule has 4 heteroatoms. The van der Waals surface area contributed by atoms with Gasteiger partial charge in [0.2, 0.25) is 0 Å². The molecule has 3 rings (SSSR count). The summed E-state index contributed by atoms with van der Waals surface area (Å²) in [6, 6.07) is 17.9. The highest BCUT2D eigenvalue weighted by molar-refractivity contribution is 9.10. The van der Waals surface area contributed by atoms with Gasteiger partial charge in [-0.05, 0) is 37.1 Å². The first-order valence-corrected chi connectivity index (χ1v) is 9.15. The number of rotatable bonds is 5. The van der Waals surface area contributed by atoms with Gasteiger partial charge >= 0.3 is 6.09 Å². The van der Waals surface area contributed by atoms with E-state index in [0.717, 1.165) is 21.2 Å². The molecule has 3 nitrogen and oxygen atoms in total. The summed E-state index contributed by atoms with van der Waals surface area (Å²) >= 11 is 3.45. The molecule has 0 aromatic heterocycles. The minimum absolute atomic E-state index is 0.0590. The van der Waals surface area contributed by atoms with Crippen molar-refractivity contribution in [2.24, 2.45) is 0 Å². The number of hydrogen-bond donors (Lipinski definition) is 0. The molecular weight excluding hydrogens is 378 g/mol. The summed E-state index contributed by atoms with van der Waals surface area (Å²) in [7, 11) is 0. The highest BCUT2D eigenvalue weighted by Crippen LogP contribution is 2.41. The normalized spacial score (nSPS) is 21.1. The fourth-order valence-corrected chi connectivity index (χ4v) is 3.65. The second-order valence-corrected chi connectivity index (χ2v) is 7.63. The number of amides is 1. The topological polar surface area (TPSA) is 29.5 Å². The molecule has 0 bridgehead atoms. The molecule has 130 valence electrons. The molecule has 1 saturated heterocycles. The maximum Gasteiger partial charge on any atom is 0.411 e. The van der Waals surface area contributed by atoms with E-state index < -0.39 is 5.60 Å². The van der Waals surface area contributed by atoms with E-state index in [0.29, 0.717) is 13.0 Å². The van der Waals surface area contributed by atoms with Crippen LogP contribution < -0.4 is 0 Å². The predicted molar refractivity (Wildman–Crippen MR) is 103 cm³/mol. The van der Waals surface area contributed by atoms with Gasteiger partial charge in [-0.25, -0.2) is 4.79 Å². The number of halogens is 1. The highest BCUT2D eigenvalue weighted by Gasteiger charge is 2.47. The monoisotopic (exact) mass is 399 g/mol. The molecule has 1 amide bonds. The van der Waals surface area contributed by atoms with E-state index in [1.165, 1.54) is 0 Å². The molecule has 2 unspecified atom stereocenters. The average Bonchev–Trinajstić information content (AvgIpc) is 2.92. The first kappa shape index (κ1) is 17.7. The van der Waals surface area contributed by atoms with Crippen molar-refractivity contribution < 1.29 is 9.53 Å². The van der Waals surface area contributed by atoms with Crippen molar-refractivity contribution in [1.82, 2.24) is 4.90 Å². The van der Waals surface area contributed by atoms with E-state index in [-0.39, 0.29) is 12.1 Å². The third-order valence-corrected chi connectivity index (χ3v) is 5.18. The Bertz CT molecular complexity index is 772. The summed E-state index contributed by atoms with van der Waals surface area (Å²) < 4.78 is 6.96. The van der Waals surface area contributed by atoms with Gasteiger partial charge in [0, 0.05) is 10.9 Å². The van der Waals surface area contributed by atoms with Crippen molar-refractivity contribution in [2.75, 3.05) is 6.54 Å². The number of benzene rings is 2. The maximum absolute atomic E-state index is 12.7. The molecule has 2 aromatic rings. The lowest BCUT2D eigenvalue weighted by atomic mass is 9.87. The van der Waals surface area contributed by atoms with Crippen molar-refractivity contribution in [1.29, 1.82) is 0 Å². The molecule has 0 N–H and O–H groups in total. The van der Waals surface area contributed by atoms with Gasteiger partial charge in [0.25, 0.3) is 0 Å². The zero-order chi connectivity index (χ0) is 18.0. The van der Waals surface area contributed by atoms with Crippen LogP contribution in [-0.2, 0) is 10.3 Å². The highest BCUT2D eigenvalue weighted by atomic mass is 79.9. The Balaban J connectivity index is 1.92. The van der Waals surface area contributed by atoms with Crippen LogP contribution in [0.5, 0.6) is 0 Å². The van der Waals surface area contributed by atoms with Crippen molar-refractivity contribution >= 4 is 22.0 Å². The number of carbonyl (C=O) groups is 1. The van der Waals surface area contributed by atoms with Crippen LogP contribution in [0.1, 0.15) is 37.4 Å². The largest absolute Gasteiger partial charge is 0.436 e. The summed E-state index contributed by atoms with van der Waals surface area (Å²) in [5.74, 6) is 0. The van der Waals surface area contributed by atoms with Gasteiger partial charge in [0.15, 0.2) is 5.60 Å². The van der Waals surface area contributed by atoms with Crippen LogP contribution >= 0.6 is 15.9 Å². The first-order chi connectivity index (χ1) is 11.9. The third kappa shape index (κ3) is 3.64. The second kappa shape index (κ2) is 7.04. The van der Waals surface area contributed by atoms with E-state index in [2.05, 4.69) is 22.5 Å². The number of nitrogens with zero attached hydrogens (tertiary/aromatic N) is 1. The number of hydrogen-bond acceptors (Lipinski definition) is 2. The van der Waals surface area contributed by atoms with Gasteiger partial charge in [-0.1, -0.05) is 70.5 Å². The smallest absolute Gasteiger partial charge is 0.411 e. The Morgan fingerprint density at radius 1 is 1.24 bits per heavy atom. The molecule has 25 heavy (non-hydrogen) atoms. The second-order valence-electron chi connectivity index (χ2n) is 6.72. The Morgan fingerprint density at radius 2 is 1.88 bits per heavy atom. The summed E-state index contributed by atoms with van der Waals surface area (Å²) in [5.41, 5.74) is 2.42. The van der Waals surface area contributed by atoms with Crippen molar-refractivity contribution in [2.45, 2.75) is 31.9 Å². The van der Waals surface area contributed by atoms with E-state index in [1.807, 2.05) is 68.4 Å². The third-order valence-electron chi connectivity index (χ3n) is 4.65. The fourth-order valence-electron chi connectivity index (χ4n) is 3.39. The predicted octanol–water partition coefficient (Wildman–Crippen LogP) is 5.82. The summed E-state index contributed by atoms with van der Waals surface area (Å²) in [6.45, 7) is 8.56. The quantitative estimate of drug-likeness (QED) is 0.592. The van der Waals surface area contributed by atoms with Crippen LogP contribution in [0.15, 0.2) is 71.2 Å². The minimum Gasteiger partial charge on any atom is -0.436 e. The summed E-state index contributed by atoms with van der Waals surface area (Å²) in [4.78, 5) is 14.5. The van der Waals surface area contributed by atoms with Crippen molar-refractivity contribution in [3.63, 3.8) is 0 Å². The molecule has 0 spiro atoms. The maximum atomic E-state index is 12.7. The van der Waals surface area contributed by atoms with Crippen LogP contribution in [0, 0.1) is 0 Å². The molecule has 1 fully saturated rings. The SMILES string of the molecule is C=C(C)CC1(c2ccccc2)CN(C(C)c2ccc(Br)cc2)C(=O)O1. The fraction of sp³-hybridized carbons (Fsp3) is 0.286. The van der Waals surface area contributed by atoms with Gasteiger partial charge in [-0.15, -0.1) is 0 Å². The Hall–Kier alpha value is -2.07. The lowest BCUT2D eigenvalue weighted by Crippen LogP contribution is -2.33. The number of carbonyl (C=O) groups excluding carboxylic acids is 1. The average molecular weight is 400 g/mol. The van der Waals surface area contributed by atoms with Crippen molar-refractivity contribution in [3.8, 4) is 0 Å². The summed E-state index contributed by atoms with van der Waals surface area (Å²) in [6.07, 6.45) is 0.340. The van der Waals surface area contributed by atoms with Crippen LogP contribution in [0.4, 0.5) is 4.79 Å². The van der Waals surface area contributed by atoms with Gasteiger partial charge < -0.3 is 4.74 Å². The lowest BCUT2D eigenvalue weighted by Gasteiger charge is -2.29. The van der Waals surface area contributed by atoms with Gasteiger partial charge in [0.1, 0.15) is 0 Å². The molecule has 0 aliphatic carbocycles. The zero-order valence-corrected chi connectivity index (χ0v) is 16.1. The standard InChI is InChI=1S/C21H22BrNO2/c1-15(2)13-21(18-7-5-4-6-8-18)14-23(20(24)25-21)16(3)17-9-11-19(22)12-10-17/h4-12,16H,1,13-14H2,2-3H3. The zero-order valence-electron chi connectivity index (χ0n) is 14.5. The number of ether oxygens (including phenoxy) is 1. The molecule has 1 aliphatic rings. The van der Waals surface area contributed by atoms with Crippen LogP contribution in [0.25, 0.3) is 0 Å². The van der Waals surface area contributed by atoms with Crippen LogP contribution in [0.3, 0.4) is 0 Å². The Kier molecular flexibility index (Phi) is 5.00. The van der Waals surface area contributed by atoms with E-state index in [9.17, 15) is 4.79 Å². The summed E-state index contributed by atoms with van der Waals surface area (Å²) in [5, 5.41) is 0. The van der Waals surface area contributed by atoms with E-state index >= 15 is 0 Å². The van der Waals surface area contributed by atoms with Gasteiger partial charge in [-0.2, -0.15) is 0 Å². The molecule has 2 atom stereocenters. The molecule has 0 radical (unpaired) electrons. The van der Waals surface area contributed by atoms with E-state index in [1.54, 1.807) is 4.90 Å². The number of cyclic esters (lactones) is 1. The molecule has 2 aromatic carbocycles. The Labute approximate surface area is 157 Å². The van der Waals surface area contributed by atoms with Gasteiger partial charge in [0.05, 0.1) is 12.6 Å². The van der Waals surface area contributed by atoms with Crippen LogP contribution in [0.2, 0.25) is 0 Å². The lowest BCUT2D eigenvalue weighted by molar-refractivity contribution is 0.0547. The first-order valence-electron chi connectivity index (χ1n) is 8.36. The van der Waals surface area contributed by atoms with Gasteiger partial charge in [-0.3, -0.25) is 4.90 Å². The minimum atomic E-state index is -0.673. The Morgan fingerprint density at radius 3 is 2.48 bits per heavy atom. The van der Waals surface area contributed by atoms with E-state index in [4.69, 9.17) is 4.74 Å². The van der Waals surface area contributed by atoms with Crippen LogP contribution in [-0.4, -0.2) is 17.5 Å². The molecule has 1 heterocycles. The molecule has 1 aliphatic heterocycles.